The predicted molar refractivity (Wildman–Crippen MR) is 85.5 cm³/mol. The highest BCUT2D eigenvalue weighted by Crippen LogP contribution is 2.10. The van der Waals surface area contributed by atoms with E-state index in [4.69, 9.17) is 9.47 Å². The summed E-state index contributed by atoms with van der Waals surface area (Å²) in [6.07, 6.45) is 3.02. The lowest BCUT2D eigenvalue weighted by molar-refractivity contribution is -0.139. The fourth-order valence-corrected chi connectivity index (χ4v) is 1.57. The number of anilines is 1. The highest BCUT2D eigenvalue weighted by Gasteiger charge is 1.98. The molecule has 0 saturated carbocycles. The second-order valence-corrected chi connectivity index (χ2v) is 4.52. The molecular weight excluding hydrogens is 284 g/mol. The average Bonchev–Trinajstić information content (AvgIpc) is 2.49. The maximum atomic E-state index is 11.5. The molecule has 0 aliphatic carbocycles. The number of hydrogen-bond acceptors (Lipinski definition) is 5. The second kappa shape index (κ2) is 10.5. The predicted octanol–water partition coefficient (Wildman–Crippen LogP) is 1.44. The normalized spacial score (nSPS) is 10.6. The molecule has 0 aromatic heterocycles. The van der Waals surface area contributed by atoms with Crippen LogP contribution < -0.4 is 10.6 Å². The van der Waals surface area contributed by atoms with Gasteiger partial charge in [-0.25, -0.2) is 4.79 Å². The van der Waals surface area contributed by atoms with Gasteiger partial charge >= 0.3 is 5.97 Å². The Morgan fingerprint density at radius 1 is 1.14 bits per heavy atom. The molecule has 0 radical (unpaired) electrons. The van der Waals surface area contributed by atoms with Crippen LogP contribution in [0.4, 0.5) is 5.69 Å². The Morgan fingerprint density at radius 2 is 1.86 bits per heavy atom. The molecule has 0 unspecified atom stereocenters. The van der Waals surface area contributed by atoms with Gasteiger partial charge in [0.05, 0.1) is 13.2 Å². The Balaban J connectivity index is 2.28. The third-order valence-electron chi connectivity index (χ3n) is 2.61. The molecule has 2 N–H and O–H groups in total. The largest absolute Gasteiger partial charge is 0.460 e. The molecule has 0 aliphatic heterocycles. The van der Waals surface area contributed by atoms with Crippen molar-refractivity contribution in [2.24, 2.45) is 0 Å². The Morgan fingerprint density at radius 3 is 2.50 bits per heavy atom. The van der Waals surface area contributed by atoms with Crippen molar-refractivity contribution in [1.29, 1.82) is 0 Å². The van der Waals surface area contributed by atoms with Crippen molar-refractivity contribution in [2.45, 2.75) is 6.92 Å². The number of ether oxygens (including phenoxy) is 2. The fraction of sp³-hybridized carbons (Fsp3) is 0.375. The Bertz CT molecular complexity index is 497. The lowest BCUT2D eigenvalue weighted by Crippen LogP contribution is -2.16. The van der Waals surface area contributed by atoms with Crippen molar-refractivity contribution < 1.29 is 19.1 Å². The van der Waals surface area contributed by atoms with Gasteiger partial charge in [0.2, 0.25) is 5.91 Å². The number of benzene rings is 1. The first-order valence-corrected chi connectivity index (χ1v) is 7.06. The van der Waals surface area contributed by atoms with E-state index >= 15 is 0 Å². The monoisotopic (exact) mass is 306 g/mol. The van der Waals surface area contributed by atoms with E-state index in [1.165, 1.54) is 13.0 Å². The zero-order valence-electron chi connectivity index (χ0n) is 12.9. The Hall–Kier alpha value is -2.18. The van der Waals surface area contributed by atoms with Crippen LogP contribution in [0.2, 0.25) is 0 Å². The molecule has 1 amide bonds. The fourth-order valence-electron chi connectivity index (χ4n) is 1.57. The number of rotatable bonds is 9. The first-order valence-electron chi connectivity index (χ1n) is 7.06. The quantitative estimate of drug-likeness (QED) is 0.410. The van der Waals surface area contributed by atoms with Gasteiger partial charge in [-0.1, -0.05) is 12.1 Å². The van der Waals surface area contributed by atoms with Crippen LogP contribution in [0, 0.1) is 0 Å². The summed E-state index contributed by atoms with van der Waals surface area (Å²) >= 11 is 0. The van der Waals surface area contributed by atoms with Crippen LogP contribution in [0.5, 0.6) is 0 Å². The highest BCUT2D eigenvalue weighted by atomic mass is 16.6. The van der Waals surface area contributed by atoms with E-state index in [1.54, 1.807) is 30.3 Å². The maximum absolute atomic E-state index is 11.5. The number of likely N-dealkylation sites (N-methyl/N-ethyl adjacent to an activating group) is 1. The first kappa shape index (κ1) is 17.9. The molecule has 0 heterocycles. The number of carbonyl (C=O) groups excluding carboxylic acids is 2. The van der Waals surface area contributed by atoms with Gasteiger partial charge in [-0.15, -0.1) is 0 Å². The molecule has 1 aromatic rings. The smallest absolute Gasteiger partial charge is 0.330 e. The van der Waals surface area contributed by atoms with Crippen molar-refractivity contribution in [3.05, 3.63) is 35.9 Å². The Labute approximate surface area is 130 Å². The van der Waals surface area contributed by atoms with Crippen LogP contribution in [-0.4, -0.2) is 45.3 Å². The lowest BCUT2D eigenvalue weighted by atomic mass is 10.2. The van der Waals surface area contributed by atoms with Crippen LogP contribution in [0.3, 0.4) is 0 Å². The van der Waals surface area contributed by atoms with Gasteiger partial charge in [-0.2, -0.15) is 0 Å². The van der Waals surface area contributed by atoms with E-state index in [-0.39, 0.29) is 12.5 Å². The summed E-state index contributed by atoms with van der Waals surface area (Å²) in [6, 6.07) is 7.13. The molecule has 22 heavy (non-hydrogen) atoms. The number of carbonyl (C=O) groups is 2. The number of esters is 1. The molecule has 0 fully saturated rings. The van der Waals surface area contributed by atoms with E-state index in [9.17, 15) is 9.59 Å². The Kier molecular flexibility index (Phi) is 8.56. The van der Waals surface area contributed by atoms with Crippen molar-refractivity contribution >= 4 is 23.6 Å². The van der Waals surface area contributed by atoms with Gasteiger partial charge in [0.15, 0.2) is 0 Å². The molecule has 0 saturated heterocycles. The molecule has 6 nitrogen and oxygen atoms in total. The minimum atomic E-state index is -0.414. The average molecular weight is 306 g/mol. The summed E-state index contributed by atoms with van der Waals surface area (Å²) in [4.78, 5) is 22.4. The topological polar surface area (TPSA) is 76.7 Å². The molecule has 1 rings (SSSR count). The summed E-state index contributed by atoms with van der Waals surface area (Å²) in [6.45, 7) is 3.42. The van der Waals surface area contributed by atoms with Gasteiger partial charge < -0.3 is 20.1 Å². The molecule has 120 valence electrons. The van der Waals surface area contributed by atoms with Crippen LogP contribution in [0.1, 0.15) is 12.5 Å². The van der Waals surface area contributed by atoms with E-state index in [2.05, 4.69) is 10.6 Å². The third-order valence-corrected chi connectivity index (χ3v) is 2.61. The van der Waals surface area contributed by atoms with Crippen LogP contribution in [-0.2, 0) is 19.1 Å². The van der Waals surface area contributed by atoms with Crippen molar-refractivity contribution in [2.75, 3.05) is 38.7 Å². The summed E-state index contributed by atoms with van der Waals surface area (Å²) in [5.74, 6) is -0.535. The number of nitrogens with one attached hydrogen (secondary N) is 2. The molecule has 1 aromatic carbocycles. The zero-order chi connectivity index (χ0) is 16.2. The molecule has 0 bridgehead atoms. The highest BCUT2D eigenvalue weighted by molar-refractivity contribution is 5.89. The van der Waals surface area contributed by atoms with Gasteiger partial charge in [0.25, 0.3) is 0 Å². The van der Waals surface area contributed by atoms with Crippen molar-refractivity contribution in [3.63, 3.8) is 0 Å². The second-order valence-electron chi connectivity index (χ2n) is 4.52. The van der Waals surface area contributed by atoms with Crippen molar-refractivity contribution in [1.82, 2.24) is 5.32 Å². The maximum Gasteiger partial charge on any atom is 0.330 e. The van der Waals surface area contributed by atoms with E-state index in [0.29, 0.717) is 18.9 Å². The van der Waals surface area contributed by atoms with Gasteiger partial charge in [-0.05, 0) is 30.8 Å². The van der Waals surface area contributed by atoms with E-state index in [1.807, 2.05) is 7.05 Å². The number of hydrogen-bond donors (Lipinski definition) is 2. The summed E-state index contributed by atoms with van der Waals surface area (Å²) in [5.41, 5.74) is 1.56. The van der Waals surface area contributed by atoms with Crippen LogP contribution in [0.15, 0.2) is 30.3 Å². The van der Waals surface area contributed by atoms with Crippen LogP contribution >= 0.6 is 0 Å². The standard InChI is InChI=1S/C16H22N2O4/c1-13(19)18-15-6-3-14(4-7-15)5-8-16(20)22-12-11-21-10-9-17-2/h3-8,17H,9-12H2,1-2H3,(H,18,19)/b8-5+. The molecule has 6 heteroatoms. The summed E-state index contributed by atoms with van der Waals surface area (Å²) < 4.78 is 10.2. The van der Waals surface area contributed by atoms with Gasteiger partial charge in [0.1, 0.15) is 6.61 Å². The molecule has 0 atom stereocenters. The SMILES string of the molecule is CNCCOCCOC(=O)/C=C/c1ccc(NC(C)=O)cc1. The molecule has 0 aliphatic rings. The molecular formula is C16H22N2O4. The summed E-state index contributed by atoms with van der Waals surface area (Å²) in [7, 11) is 1.84. The minimum absolute atomic E-state index is 0.121. The van der Waals surface area contributed by atoms with Crippen LogP contribution in [0.25, 0.3) is 6.08 Å². The third kappa shape index (κ3) is 8.18. The van der Waals surface area contributed by atoms with Gasteiger partial charge in [0, 0.05) is 25.2 Å². The van der Waals surface area contributed by atoms with E-state index < -0.39 is 5.97 Å². The first-order chi connectivity index (χ1) is 10.6. The molecule has 0 spiro atoms. The van der Waals surface area contributed by atoms with Crippen molar-refractivity contribution in [3.8, 4) is 0 Å². The van der Waals surface area contributed by atoms with E-state index in [0.717, 1.165) is 12.1 Å². The summed E-state index contributed by atoms with van der Waals surface area (Å²) in [5, 5.41) is 5.63. The lowest BCUT2D eigenvalue weighted by Gasteiger charge is -2.04. The van der Waals surface area contributed by atoms with Gasteiger partial charge in [-0.3, -0.25) is 4.79 Å². The minimum Gasteiger partial charge on any atom is -0.460 e. The zero-order valence-corrected chi connectivity index (χ0v) is 12.9. The number of amides is 1.